The van der Waals surface area contributed by atoms with Gasteiger partial charge in [-0.2, -0.15) is 4.31 Å². The molecule has 0 N–H and O–H groups in total. The van der Waals surface area contributed by atoms with Crippen molar-refractivity contribution in [3.63, 3.8) is 0 Å². The molecule has 0 bridgehead atoms. The molecule has 0 aromatic heterocycles. The van der Waals surface area contributed by atoms with E-state index in [1.54, 1.807) is 20.9 Å². The number of carbonyl (C=O) groups excluding carboxylic acids is 1. The second-order valence-electron chi connectivity index (χ2n) is 6.58. The first-order chi connectivity index (χ1) is 11.6. The van der Waals surface area contributed by atoms with E-state index in [1.165, 1.54) is 34.5 Å². The molecule has 8 heteroatoms. The Morgan fingerprint density at radius 2 is 2.04 bits per heavy atom. The van der Waals surface area contributed by atoms with Gasteiger partial charge in [0.2, 0.25) is 10.0 Å². The summed E-state index contributed by atoms with van der Waals surface area (Å²) in [7, 11) is -0.498. The van der Waals surface area contributed by atoms with E-state index in [0.29, 0.717) is 13.2 Å². The summed E-state index contributed by atoms with van der Waals surface area (Å²) >= 11 is 6.16. The highest BCUT2D eigenvalue weighted by atomic mass is 35.5. The minimum Gasteiger partial charge on any atom is -0.376 e. The van der Waals surface area contributed by atoms with Crippen LogP contribution in [0.25, 0.3) is 0 Å². The summed E-state index contributed by atoms with van der Waals surface area (Å²) in [6.45, 7) is 4.74. The number of hydrogen-bond acceptors (Lipinski definition) is 4. The molecule has 0 unspecified atom stereocenters. The van der Waals surface area contributed by atoms with Gasteiger partial charge in [-0.05, 0) is 44.9 Å². The first-order valence-electron chi connectivity index (χ1n) is 8.29. The number of nitrogens with zero attached hydrogens (tertiary/aromatic N) is 2. The Balaban J connectivity index is 2.27. The lowest BCUT2D eigenvalue weighted by molar-refractivity contribution is 0.0587. The number of hydrogen-bond donors (Lipinski definition) is 0. The van der Waals surface area contributed by atoms with Crippen LogP contribution in [-0.2, 0) is 14.8 Å². The van der Waals surface area contributed by atoms with Crippen molar-refractivity contribution in [3.8, 4) is 0 Å². The van der Waals surface area contributed by atoms with Crippen LogP contribution in [0.15, 0.2) is 23.1 Å². The van der Waals surface area contributed by atoms with E-state index in [1.807, 2.05) is 0 Å². The number of carbonyl (C=O) groups is 1. The summed E-state index contributed by atoms with van der Waals surface area (Å²) in [4.78, 5) is 14.3. The number of ether oxygens (including phenoxy) is 1. The van der Waals surface area contributed by atoms with E-state index < -0.39 is 10.0 Å². The highest BCUT2D eigenvalue weighted by Gasteiger charge is 2.27. The minimum atomic E-state index is -3.68. The van der Waals surface area contributed by atoms with Gasteiger partial charge in [0.1, 0.15) is 0 Å². The van der Waals surface area contributed by atoms with Gasteiger partial charge in [0.15, 0.2) is 0 Å². The summed E-state index contributed by atoms with van der Waals surface area (Å²) in [6.07, 6.45) is 1.92. The van der Waals surface area contributed by atoms with Crippen molar-refractivity contribution < 1.29 is 17.9 Å². The van der Waals surface area contributed by atoms with Crippen LogP contribution in [-0.4, -0.2) is 62.9 Å². The van der Waals surface area contributed by atoms with E-state index >= 15 is 0 Å². The third-order valence-electron chi connectivity index (χ3n) is 4.42. The van der Waals surface area contributed by atoms with Crippen LogP contribution in [0.3, 0.4) is 0 Å². The number of benzene rings is 1. The standard InChI is InChI=1S/C17H25ClN2O4S/c1-12(2)20(4)25(22,23)14-7-8-16(18)15(10-14)17(21)19(3)11-13-6-5-9-24-13/h7-8,10,12-13H,5-6,9,11H2,1-4H3/t13-/m0/s1. The fraction of sp³-hybridized carbons (Fsp3) is 0.588. The molecule has 0 radical (unpaired) electrons. The first-order valence-corrected chi connectivity index (χ1v) is 10.1. The van der Waals surface area contributed by atoms with E-state index in [4.69, 9.17) is 16.3 Å². The summed E-state index contributed by atoms with van der Waals surface area (Å²) in [6, 6.07) is 4.04. The molecule has 1 amide bonds. The normalized spacial score (nSPS) is 18.1. The number of likely N-dealkylation sites (N-methyl/N-ethyl adjacent to an activating group) is 1. The lowest BCUT2D eigenvalue weighted by Crippen LogP contribution is -2.35. The maximum absolute atomic E-state index is 12.7. The molecule has 0 aliphatic carbocycles. The topological polar surface area (TPSA) is 66.9 Å². The summed E-state index contributed by atoms with van der Waals surface area (Å²) in [5.74, 6) is -0.315. The Hall–Kier alpha value is -1.15. The van der Waals surface area contributed by atoms with Crippen LogP contribution in [0.4, 0.5) is 0 Å². The molecule has 25 heavy (non-hydrogen) atoms. The van der Waals surface area contributed by atoms with Crippen molar-refractivity contribution in [1.29, 1.82) is 0 Å². The Labute approximate surface area is 154 Å². The van der Waals surface area contributed by atoms with E-state index in [0.717, 1.165) is 12.8 Å². The highest BCUT2D eigenvalue weighted by Crippen LogP contribution is 2.25. The van der Waals surface area contributed by atoms with E-state index in [9.17, 15) is 13.2 Å². The maximum atomic E-state index is 12.7. The molecule has 1 heterocycles. The van der Waals surface area contributed by atoms with Gasteiger partial charge in [0.05, 0.1) is 21.6 Å². The molecule has 1 aliphatic heterocycles. The Bertz CT molecular complexity index is 730. The molecule has 1 atom stereocenters. The third kappa shape index (κ3) is 4.53. The van der Waals surface area contributed by atoms with Gasteiger partial charge >= 0.3 is 0 Å². The van der Waals surface area contributed by atoms with E-state index in [2.05, 4.69) is 0 Å². The minimum absolute atomic E-state index is 0.0201. The predicted octanol–water partition coefficient (Wildman–Crippen LogP) is 2.62. The van der Waals surface area contributed by atoms with Crippen molar-refractivity contribution in [1.82, 2.24) is 9.21 Å². The molecule has 1 saturated heterocycles. The smallest absolute Gasteiger partial charge is 0.255 e. The molecule has 1 aromatic carbocycles. The Morgan fingerprint density at radius 3 is 2.60 bits per heavy atom. The summed E-state index contributed by atoms with van der Waals surface area (Å²) < 4.78 is 32.1. The van der Waals surface area contributed by atoms with Crippen LogP contribution < -0.4 is 0 Å². The lowest BCUT2D eigenvalue weighted by atomic mass is 10.2. The lowest BCUT2D eigenvalue weighted by Gasteiger charge is -2.23. The largest absolute Gasteiger partial charge is 0.376 e. The SMILES string of the molecule is CC(C)N(C)S(=O)(=O)c1ccc(Cl)c(C(=O)N(C)C[C@@H]2CCCO2)c1. The van der Waals surface area contributed by atoms with E-state index in [-0.39, 0.29) is 33.5 Å². The van der Waals surface area contributed by atoms with Crippen molar-refractivity contribution in [2.45, 2.75) is 43.7 Å². The van der Waals surface area contributed by atoms with Gasteiger partial charge in [-0.1, -0.05) is 11.6 Å². The van der Waals surface area contributed by atoms with Crippen LogP contribution in [0, 0.1) is 0 Å². The molecule has 1 fully saturated rings. The number of rotatable bonds is 6. The highest BCUT2D eigenvalue weighted by molar-refractivity contribution is 7.89. The van der Waals surface area contributed by atoms with Crippen LogP contribution in [0.1, 0.15) is 37.0 Å². The molecular weight excluding hydrogens is 364 g/mol. The van der Waals surface area contributed by atoms with Gasteiger partial charge in [0, 0.05) is 33.3 Å². The number of halogens is 1. The summed E-state index contributed by atoms with van der Waals surface area (Å²) in [5.41, 5.74) is 0.181. The molecule has 140 valence electrons. The van der Waals surface area contributed by atoms with Crippen LogP contribution >= 0.6 is 11.6 Å². The second-order valence-corrected chi connectivity index (χ2v) is 8.98. The number of amides is 1. The van der Waals surface area contributed by atoms with Crippen molar-refractivity contribution >= 4 is 27.5 Å². The molecular formula is C17H25ClN2O4S. The molecule has 1 aromatic rings. The van der Waals surface area contributed by atoms with Gasteiger partial charge in [-0.25, -0.2) is 8.42 Å². The Morgan fingerprint density at radius 1 is 1.36 bits per heavy atom. The average Bonchev–Trinajstić information content (AvgIpc) is 3.06. The molecule has 1 aliphatic rings. The zero-order chi connectivity index (χ0) is 18.8. The van der Waals surface area contributed by atoms with Gasteiger partial charge in [0.25, 0.3) is 5.91 Å². The predicted molar refractivity (Wildman–Crippen MR) is 97.5 cm³/mol. The molecule has 0 spiro atoms. The maximum Gasteiger partial charge on any atom is 0.255 e. The second kappa shape index (κ2) is 8.03. The van der Waals surface area contributed by atoms with Gasteiger partial charge in [-0.15, -0.1) is 0 Å². The van der Waals surface area contributed by atoms with Crippen molar-refractivity contribution in [3.05, 3.63) is 28.8 Å². The van der Waals surface area contributed by atoms with Crippen molar-refractivity contribution in [2.75, 3.05) is 27.2 Å². The van der Waals surface area contributed by atoms with Crippen molar-refractivity contribution in [2.24, 2.45) is 0 Å². The molecule has 0 saturated carbocycles. The quantitative estimate of drug-likeness (QED) is 0.751. The van der Waals surface area contributed by atoms with Gasteiger partial charge < -0.3 is 9.64 Å². The Kier molecular flexibility index (Phi) is 6.48. The first kappa shape index (κ1) is 20.2. The zero-order valence-electron chi connectivity index (χ0n) is 15.0. The number of sulfonamides is 1. The summed E-state index contributed by atoms with van der Waals surface area (Å²) in [5, 5.41) is 0.232. The zero-order valence-corrected chi connectivity index (χ0v) is 16.6. The fourth-order valence-corrected chi connectivity index (χ4v) is 4.25. The van der Waals surface area contributed by atoms with Crippen LogP contribution in [0.2, 0.25) is 5.02 Å². The molecule has 6 nitrogen and oxygen atoms in total. The monoisotopic (exact) mass is 388 g/mol. The molecule has 2 rings (SSSR count). The third-order valence-corrected chi connectivity index (χ3v) is 6.78. The fourth-order valence-electron chi connectivity index (χ4n) is 2.65. The van der Waals surface area contributed by atoms with Gasteiger partial charge in [-0.3, -0.25) is 4.79 Å². The average molecular weight is 389 g/mol. The van der Waals surface area contributed by atoms with Crippen LogP contribution in [0.5, 0.6) is 0 Å².